The molecule has 1 unspecified atom stereocenters. The predicted molar refractivity (Wildman–Crippen MR) is 114 cm³/mol. The number of ether oxygens (including phenoxy) is 1. The first-order valence-electron chi connectivity index (χ1n) is 10.3. The molecule has 1 aliphatic rings. The van der Waals surface area contributed by atoms with Crippen molar-refractivity contribution in [1.82, 2.24) is 20.1 Å². The van der Waals surface area contributed by atoms with Crippen molar-refractivity contribution in [3.63, 3.8) is 0 Å². The van der Waals surface area contributed by atoms with Crippen molar-refractivity contribution in [3.8, 4) is 0 Å². The van der Waals surface area contributed by atoms with Gasteiger partial charge in [-0.05, 0) is 31.4 Å². The van der Waals surface area contributed by atoms with E-state index in [1.54, 1.807) is 35.5 Å². The Hall–Kier alpha value is -2.25. The van der Waals surface area contributed by atoms with Crippen molar-refractivity contribution >= 4 is 11.8 Å². The maximum Gasteiger partial charge on any atom is 0.254 e. The summed E-state index contributed by atoms with van der Waals surface area (Å²) in [5.41, 5.74) is -0.441. The van der Waals surface area contributed by atoms with Gasteiger partial charge in [0, 0.05) is 50.7 Å². The first kappa shape index (κ1) is 23.0. The largest absolute Gasteiger partial charge is 0.379 e. The molecule has 0 saturated carbocycles. The number of rotatable bonds is 10. The zero-order chi connectivity index (χ0) is 21.3. The van der Waals surface area contributed by atoms with Gasteiger partial charge in [-0.1, -0.05) is 19.9 Å². The van der Waals surface area contributed by atoms with Crippen LogP contribution in [-0.4, -0.2) is 78.1 Å². The molecular weight excluding hydrogens is 368 g/mol. The molecule has 2 amide bonds. The van der Waals surface area contributed by atoms with Crippen LogP contribution in [0.25, 0.3) is 0 Å². The monoisotopic (exact) mass is 402 g/mol. The normalized spacial score (nSPS) is 16.8. The fraction of sp³-hybridized carbons (Fsp3) is 0.591. The number of aromatic nitrogens is 1. The molecule has 0 spiro atoms. The van der Waals surface area contributed by atoms with E-state index in [1.165, 1.54) is 0 Å². The highest BCUT2D eigenvalue weighted by molar-refractivity contribution is 5.99. The van der Waals surface area contributed by atoms with Crippen LogP contribution in [0, 0.1) is 5.92 Å². The number of amides is 2. The number of carbonyl (C=O) groups is 2. The zero-order valence-electron chi connectivity index (χ0n) is 17.9. The third-order valence-corrected chi connectivity index (χ3v) is 5.68. The molecule has 1 atom stereocenters. The molecule has 1 N–H and O–H groups in total. The number of pyridine rings is 1. The summed E-state index contributed by atoms with van der Waals surface area (Å²) in [6.07, 6.45) is 5.63. The van der Waals surface area contributed by atoms with Crippen LogP contribution in [-0.2, 0) is 9.53 Å². The number of hydrogen-bond acceptors (Lipinski definition) is 5. The second kappa shape index (κ2) is 11.1. The van der Waals surface area contributed by atoms with Crippen molar-refractivity contribution in [2.24, 2.45) is 5.92 Å². The molecule has 2 rings (SSSR count). The van der Waals surface area contributed by atoms with Gasteiger partial charge in [-0.2, -0.15) is 0 Å². The van der Waals surface area contributed by atoms with Gasteiger partial charge < -0.3 is 15.0 Å². The second-order valence-corrected chi connectivity index (χ2v) is 7.80. The van der Waals surface area contributed by atoms with Crippen molar-refractivity contribution in [2.75, 3.05) is 45.9 Å². The summed E-state index contributed by atoms with van der Waals surface area (Å²) in [5, 5.41) is 2.89. The minimum atomic E-state index is -0.978. The molecule has 0 aliphatic carbocycles. The Morgan fingerprint density at radius 1 is 1.34 bits per heavy atom. The van der Waals surface area contributed by atoms with E-state index in [0.29, 0.717) is 18.7 Å². The molecular formula is C22H34N4O3. The lowest BCUT2D eigenvalue weighted by molar-refractivity contribution is -0.133. The lowest BCUT2D eigenvalue weighted by atomic mass is 9.84. The molecule has 7 nitrogen and oxygen atoms in total. The Labute approximate surface area is 174 Å². The average molecular weight is 403 g/mol. The van der Waals surface area contributed by atoms with E-state index < -0.39 is 5.54 Å². The second-order valence-electron chi connectivity index (χ2n) is 7.80. The molecule has 0 aromatic carbocycles. The number of morpholine rings is 1. The van der Waals surface area contributed by atoms with Gasteiger partial charge >= 0.3 is 0 Å². The third kappa shape index (κ3) is 5.87. The van der Waals surface area contributed by atoms with E-state index >= 15 is 0 Å². The Balaban J connectivity index is 2.23. The highest BCUT2D eigenvalue weighted by Crippen LogP contribution is 2.27. The van der Waals surface area contributed by atoms with E-state index in [1.807, 2.05) is 20.8 Å². The summed E-state index contributed by atoms with van der Waals surface area (Å²) in [4.78, 5) is 34.6. The van der Waals surface area contributed by atoms with Gasteiger partial charge in [0.2, 0.25) is 5.91 Å². The van der Waals surface area contributed by atoms with Crippen LogP contribution in [0.3, 0.4) is 0 Å². The lowest BCUT2D eigenvalue weighted by Gasteiger charge is -2.43. The molecule has 1 aromatic heterocycles. The Morgan fingerprint density at radius 2 is 2.00 bits per heavy atom. The summed E-state index contributed by atoms with van der Waals surface area (Å²) in [6, 6.07) is 3.39. The number of hydrogen-bond donors (Lipinski definition) is 1. The Morgan fingerprint density at radius 3 is 2.59 bits per heavy atom. The first-order valence-corrected chi connectivity index (χ1v) is 10.3. The molecule has 160 valence electrons. The SMILES string of the molecule is C=CCNC(=O)C(C)(C(C)C)N(CCCN1CCOCC1)C(=O)c1ccncc1. The van der Waals surface area contributed by atoms with E-state index in [2.05, 4.69) is 21.8 Å². The van der Waals surface area contributed by atoms with Crippen molar-refractivity contribution in [1.29, 1.82) is 0 Å². The first-order chi connectivity index (χ1) is 13.9. The summed E-state index contributed by atoms with van der Waals surface area (Å²) >= 11 is 0. The Kier molecular flexibility index (Phi) is 8.79. The molecule has 0 radical (unpaired) electrons. The average Bonchev–Trinajstić information content (AvgIpc) is 2.75. The standard InChI is InChI=1S/C22H34N4O3/c1-5-9-24-21(28)22(4,18(2)3)26(20(27)19-7-10-23-11-8-19)13-6-12-25-14-16-29-17-15-25/h5,7-8,10-11,18H,1,6,9,12-17H2,2-4H3,(H,24,28). The zero-order valence-corrected chi connectivity index (χ0v) is 17.9. The smallest absolute Gasteiger partial charge is 0.254 e. The van der Waals surface area contributed by atoms with Gasteiger partial charge in [-0.15, -0.1) is 6.58 Å². The summed E-state index contributed by atoms with van der Waals surface area (Å²) < 4.78 is 5.40. The molecule has 1 fully saturated rings. The van der Waals surface area contributed by atoms with Gasteiger partial charge in [0.1, 0.15) is 5.54 Å². The van der Waals surface area contributed by atoms with E-state index in [9.17, 15) is 9.59 Å². The van der Waals surface area contributed by atoms with Gasteiger partial charge in [0.25, 0.3) is 5.91 Å². The molecule has 0 bridgehead atoms. The number of carbonyl (C=O) groups excluding carboxylic acids is 2. The van der Waals surface area contributed by atoms with E-state index in [-0.39, 0.29) is 17.7 Å². The summed E-state index contributed by atoms with van der Waals surface area (Å²) in [6.45, 7) is 14.5. The summed E-state index contributed by atoms with van der Waals surface area (Å²) in [7, 11) is 0. The number of nitrogens with one attached hydrogen (secondary N) is 1. The molecule has 7 heteroatoms. The maximum absolute atomic E-state index is 13.4. The van der Waals surface area contributed by atoms with Crippen molar-refractivity contribution < 1.29 is 14.3 Å². The topological polar surface area (TPSA) is 74.8 Å². The van der Waals surface area contributed by atoms with Gasteiger partial charge in [0.05, 0.1) is 13.2 Å². The van der Waals surface area contributed by atoms with Crippen molar-refractivity contribution in [3.05, 3.63) is 42.7 Å². The molecule has 29 heavy (non-hydrogen) atoms. The maximum atomic E-state index is 13.4. The van der Waals surface area contributed by atoms with Crippen LogP contribution in [0.15, 0.2) is 37.2 Å². The highest BCUT2D eigenvalue weighted by atomic mass is 16.5. The Bertz CT molecular complexity index is 674. The molecule has 2 heterocycles. The quantitative estimate of drug-likeness (QED) is 0.606. The van der Waals surface area contributed by atoms with Crippen LogP contribution in [0.1, 0.15) is 37.6 Å². The van der Waals surface area contributed by atoms with Crippen molar-refractivity contribution in [2.45, 2.75) is 32.7 Å². The minimum Gasteiger partial charge on any atom is -0.379 e. The van der Waals surface area contributed by atoms with Gasteiger partial charge in [-0.25, -0.2) is 0 Å². The predicted octanol–water partition coefficient (Wildman–Crippen LogP) is 1.96. The van der Waals surface area contributed by atoms with Crippen LogP contribution >= 0.6 is 0 Å². The number of nitrogens with zero attached hydrogens (tertiary/aromatic N) is 3. The fourth-order valence-corrected chi connectivity index (χ4v) is 3.51. The van der Waals surface area contributed by atoms with Crippen LogP contribution < -0.4 is 5.32 Å². The highest BCUT2D eigenvalue weighted by Gasteiger charge is 2.44. The van der Waals surface area contributed by atoms with Gasteiger partial charge in [-0.3, -0.25) is 19.5 Å². The minimum absolute atomic E-state index is 0.0681. The molecule has 1 saturated heterocycles. The van der Waals surface area contributed by atoms with Crippen LogP contribution in [0.2, 0.25) is 0 Å². The van der Waals surface area contributed by atoms with E-state index in [0.717, 1.165) is 39.3 Å². The fourth-order valence-electron chi connectivity index (χ4n) is 3.51. The van der Waals surface area contributed by atoms with Crippen LogP contribution in [0.4, 0.5) is 0 Å². The van der Waals surface area contributed by atoms with E-state index in [4.69, 9.17) is 4.74 Å². The lowest BCUT2D eigenvalue weighted by Crippen LogP contribution is -2.62. The van der Waals surface area contributed by atoms with Gasteiger partial charge in [0.15, 0.2) is 0 Å². The molecule has 1 aromatic rings. The third-order valence-electron chi connectivity index (χ3n) is 5.68. The van der Waals surface area contributed by atoms with Crippen LogP contribution in [0.5, 0.6) is 0 Å². The molecule has 1 aliphatic heterocycles. The summed E-state index contributed by atoms with van der Waals surface area (Å²) in [5.74, 6) is -0.387.